The van der Waals surface area contributed by atoms with Gasteiger partial charge in [0.25, 0.3) is 11.7 Å². The Morgan fingerprint density at radius 3 is 2.38 bits per heavy atom. The number of aliphatic hydroxyl groups excluding tert-OH is 1. The van der Waals surface area contributed by atoms with E-state index < -0.39 is 23.5 Å². The Morgan fingerprint density at radius 1 is 1.06 bits per heavy atom. The van der Waals surface area contributed by atoms with Crippen LogP contribution in [0, 0.1) is 12.7 Å². The van der Waals surface area contributed by atoms with Crippen molar-refractivity contribution >= 4 is 34.7 Å². The molecule has 1 atom stereocenters. The molecule has 7 heteroatoms. The number of aryl methyl sites for hydroxylation is 1. The molecule has 0 bridgehead atoms. The number of anilines is 1. The minimum Gasteiger partial charge on any atom is -0.507 e. The van der Waals surface area contributed by atoms with Gasteiger partial charge in [-0.3, -0.25) is 14.5 Å². The molecule has 174 valence electrons. The first-order chi connectivity index (χ1) is 16.2. The van der Waals surface area contributed by atoms with E-state index >= 15 is 0 Å². The minimum absolute atomic E-state index is 0.0281. The van der Waals surface area contributed by atoms with Crippen LogP contribution < -0.4 is 9.64 Å². The Balaban J connectivity index is 1.89. The second-order valence-electron chi connectivity index (χ2n) is 8.35. The normalized spacial score (nSPS) is 17.5. The first kappa shape index (κ1) is 23.5. The van der Waals surface area contributed by atoms with Crippen LogP contribution in [0.3, 0.4) is 0 Å². The fourth-order valence-electron chi connectivity index (χ4n) is 4.02. The van der Waals surface area contributed by atoms with E-state index in [-0.39, 0.29) is 23.1 Å². The molecule has 3 aromatic carbocycles. The molecule has 1 amide bonds. The fraction of sp³-hybridized carbons (Fsp3) is 0.185. The number of carbonyl (C=O) groups is 2. The largest absolute Gasteiger partial charge is 0.507 e. The van der Waals surface area contributed by atoms with Crippen molar-refractivity contribution in [3.05, 3.63) is 99.8 Å². The predicted octanol–water partition coefficient (Wildman–Crippen LogP) is 6.20. The van der Waals surface area contributed by atoms with E-state index in [1.807, 2.05) is 20.8 Å². The molecule has 4 rings (SSSR count). The lowest BCUT2D eigenvalue weighted by Crippen LogP contribution is -2.29. The first-order valence-corrected chi connectivity index (χ1v) is 11.1. The number of carbonyl (C=O) groups excluding carboxylic acids is 2. The average molecular weight is 480 g/mol. The monoisotopic (exact) mass is 479 g/mol. The van der Waals surface area contributed by atoms with Crippen molar-refractivity contribution in [2.75, 3.05) is 4.90 Å². The summed E-state index contributed by atoms with van der Waals surface area (Å²) >= 11 is 6.04. The Bertz CT molecular complexity index is 1300. The molecule has 34 heavy (non-hydrogen) atoms. The highest BCUT2D eigenvalue weighted by atomic mass is 35.5. The van der Waals surface area contributed by atoms with Crippen molar-refractivity contribution in [3.63, 3.8) is 0 Å². The van der Waals surface area contributed by atoms with E-state index in [0.29, 0.717) is 21.9 Å². The minimum atomic E-state index is -0.967. The van der Waals surface area contributed by atoms with Gasteiger partial charge >= 0.3 is 0 Å². The summed E-state index contributed by atoms with van der Waals surface area (Å²) in [6, 6.07) is 16.1. The highest BCUT2D eigenvalue weighted by Crippen LogP contribution is 2.42. The van der Waals surface area contributed by atoms with E-state index in [4.69, 9.17) is 16.3 Å². The topological polar surface area (TPSA) is 66.8 Å². The van der Waals surface area contributed by atoms with Crippen LogP contribution in [0.2, 0.25) is 5.02 Å². The Hall–Kier alpha value is -3.64. The number of hydrogen-bond acceptors (Lipinski definition) is 4. The van der Waals surface area contributed by atoms with Gasteiger partial charge in [0.1, 0.15) is 17.3 Å². The third-order valence-corrected chi connectivity index (χ3v) is 5.78. The highest BCUT2D eigenvalue weighted by molar-refractivity contribution is 6.51. The second-order valence-corrected chi connectivity index (χ2v) is 8.78. The van der Waals surface area contributed by atoms with Crippen molar-refractivity contribution in [2.24, 2.45) is 0 Å². The number of halogens is 2. The summed E-state index contributed by atoms with van der Waals surface area (Å²) in [5, 5.41) is 11.7. The average Bonchev–Trinajstić information content (AvgIpc) is 3.05. The number of ether oxygens (including phenoxy) is 1. The third-order valence-electron chi connectivity index (χ3n) is 5.53. The standard InChI is InChI=1S/C27H23ClFNO4/c1-15(2)34-22-12-9-18(13-16(22)3)25(31)23-24(17-7-10-19(28)11-8-17)30(27(33)26(23)32)21-6-4-5-20(29)14-21/h4-15,24,31H,1-3H3/b25-23-. The second kappa shape index (κ2) is 9.31. The van der Waals surface area contributed by atoms with E-state index in [1.165, 1.54) is 23.1 Å². The molecule has 1 aliphatic heterocycles. The van der Waals surface area contributed by atoms with Gasteiger partial charge in [0.15, 0.2) is 0 Å². The third kappa shape index (κ3) is 4.41. The van der Waals surface area contributed by atoms with Crippen molar-refractivity contribution in [3.8, 4) is 5.75 Å². The number of amides is 1. The van der Waals surface area contributed by atoms with Gasteiger partial charge in [0.2, 0.25) is 0 Å². The van der Waals surface area contributed by atoms with Crippen LogP contribution in [0.15, 0.2) is 72.3 Å². The Labute approximate surface area is 202 Å². The summed E-state index contributed by atoms with van der Waals surface area (Å²) in [6.07, 6.45) is -0.0281. The van der Waals surface area contributed by atoms with Crippen LogP contribution in [0.4, 0.5) is 10.1 Å². The summed E-state index contributed by atoms with van der Waals surface area (Å²) in [5.74, 6) is -1.94. The van der Waals surface area contributed by atoms with Gasteiger partial charge in [-0.25, -0.2) is 4.39 Å². The van der Waals surface area contributed by atoms with E-state index in [0.717, 1.165) is 5.56 Å². The lowest BCUT2D eigenvalue weighted by atomic mass is 9.94. The van der Waals surface area contributed by atoms with Crippen molar-refractivity contribution in [1.82, 2.24) is 0 Å². The summed E-state index contributed by atoms with van der Waals surface area (Å²) in [6.45, 7) is 5.65. The maximum Gasteiger partial charge on any atom is 0.300 e. The molecule has 1 N–H and O–H groups in total. The maximum atomic E-state index is 14.0. The summed E-state index contributed by atoms with van der Waals surface area (Å²) < 4.78 is 19.8. The van der Waals surface area contributed by atoms with Crippen LogP contribution in [0.25, 0.3) is 5.76 Å². The van der Waals surface area contributed by atoms with Gasteiger partial charge in [-0.15, -0.1) is 0 Å². The fourth-order valence-corrected chi connectivity index (χ4v) is 4.15. The van der Waals surface area contributed by atoms with Crippen molar-refractivity contribution in [2.45, 2.75) is 32.9 Å². The van der Waals surface area contributed by atoms with Crippen LogP contribution in [-0.2, 0) is 9.59 Å². The zero-order chi connectivity index (χ0) is 24.6. The Morgan fingerprint density at radius 2 is 1.76 bits per heavy atom. The predicted molar refractivity (Wildman–Crippen MR) is 130 cm³/mol. The lowest BCUT2D eigenvalue weighted by Gasteiger charge is -2.25. The molecule has 1 unspecified atom stereocenters. The number of Topliss-reactive ketones (excluding diaryl/α,β-unsaturated/α-hetero) is 1. The molecule has 1 heterocycles. The molecule has 1 saturated heterocycles. The van der Waals surface area contributed by atoms with Crippen molar-refractivity contribution < 1.29 is 23.8 Å². The van der Waals surface area contributed by atoms with E-state index in [2.05, 4.69) is 0 Å². The van der Waals surface area contributed by atoms with Crippen LogP contribution >= 0.6 is 11.6 Å². The van der Waals surface area contributed by atoms with E-state index in [1.54, 1.807) is 48.5 Å². The molecule has 1 fully saturated rings. The SMILES string of the molecule is Cc1cc(/C(O)=C2/C(=O)C(=O)N(c3cccc(F)c3)C2c2ccc(Cl)cc2)ccc1OC(C)C. The van der Waals surface area contributed by atoms with E-state index in [9.17, 15) is 19.1 Å². The Kier molecular flexibility index (Phi) is 6.44. The summed E-state index contributed by atoms with van der Waals surface area (Å²) in [4.78, 5) is 27.5. The van der Waals surface area contributed by atoms with Crippen LogP contribution in [0.1, 0.15) is 36.6 Å². The number of hydrogen-bond donors (Lipinski definition) is 1. The molecule has 3 aromatic rings. The summed E-state index contributed by atoms with van der Waals surface area (Å²) in [5.41, 5.74) is 1.79. The molecule has 0 aromatic heterocycles. The molecule has 5 nitrogen and oxygen atoms in total. The molecular weight excluding hydrogens is 457 g/mol. The van der Waals surface area contributed by atoms with Gasteiger partial charge in [0.05, 0.1) is 17.7 Å². The number of aliphatic hydroxyl groups is 1. The summed E-state index contributed by atoms with van der Waals surface area (Å²) in [7, 11) is 0. The molecular formula is C27H23ClFNO4. The molecule has 0 spiro atoms. The molecule has 1 aliphatic rings. The molecule has 0 aliphatic carbocycles. The van der Waals surface area contributed by atoms with Gasteiger partial charge in [0, 0.05) is 16.3 Å². The molecule has 0 radical (unpaired) electrons. The van der Waals surface area contributed by atoms with Crippen LogP contribution in [0.5, 0.6) is 5.75 Å². The number of ketones is 1. The number of nitrogens with zero attached hydrogens (tertiary/aromatic N) is 1. The van der Waals surface area contributed by atoms with Gasteiger partial charge in [-0.2, -0.15) is 0 Å². The number of rotatable bonds is 5. The smallest absolute Gasteiger partial charge is 0.300 e. The van der Waals surface area contributed by atoms with Gasteiger partial charge in [-0.1, -0.05) is 29.8 Å². The van der Waals surface area contributed by atoms with Crippen LogP contribution in [-0.4, -0.2) is 22.9 Å². The highest BCUT2D eigenvalue weighted by Gasteiger charge is 2.47. The zero-order valence-electron chi connectivity index (χ0n) is 18.9. The first-order valence-electron chi connectivity index (χ1n) is 10.8. The quantitative estimate of drug-likeness (QED) is 0.269. The maximum absolute atomic E-state index is 14.0. The zero-order valence-corrected chi connectivity index (χ0v) is 19.6. The lowest BCUT2D eigenvalue weighted by molar-refractivity contribution is -0.132. The number of benzene rings is 3. The molecule has 0 saturated carbocycles. The van der Waals surface area contributed by atoms with Gasteiger partial charge in [-0.05, 0) is 80.4 Å². The van der Waals surface area contributed by atoms with Gasteiger partial charge < -0.3 is 9.84 Å². The van der Waals surface area contributed by atoms with Crippen molar-refractivity contribution in [1.29, 1.82) is 0 Å².